The summed E-state index contributed by atoms with van der Waals surface area (Å²) in [6.45, 7) is -1.00. The standard InChI is InChI=1S/C7H9FN2O3/c8-4-6(11)5-9-3-1-2-7(9)10(12)13/h1-3,6,11H,4-5H2/i8-1. The van der Waals surface area contributed by atoms with Crippen molar-refractivity contribution < 1.29 is 14.4 Å². The largest absolute Gasteiger partial charge is 0.386 e. The first-order valence-corrected chi connectivity index (χ1v) is 3.68. The van der Waals surface area contributed by atoms with E-state index in [2.05, 4.69) is 0 Å². The van der Waals surface area contributed by atoms with Crippen LogP contribution in [0.25, 0.3) is 0 Å². The molecule has 72 valence electrons. The van der Waals surface area contributed by atoms with Gasteiger partial charge in [-0.15, -0.1) is 0 Å². The zero-order valence-corrected chi connectivity index (χ0v) is 6.76. The highest BCUT2D eigenvalue weighted by Crippen LogP contribution is 2.12. The van der Waals surface area contributed by atoms with Gasteiger partial charge in [-0.25, -0.2) is 8.96 Å². The molecular weight excluding hydrogens is 178 g/mol. The van der Waals surface area contributed by atoms with E-state index in [1.165, 1.54) is 22.9 Å². The van der Waals surface area contributed by atoms with Crippen LogP contribution in [0.1, 0.15) is 0 Å². The van der Waals surface area contributed by atoms with Crippen molar-refractivity contribution >= 4 is 5.82 Å². The highest BCUT2D eigenvalue weighted by molar-refractivity contribution is 5.21. The maximum absolute atomic E-state index is 11.9. The summed E-state index contributed by atoms with van der Waals surface area (Å²) >= 11 is 0. The molecule has 0 radical (unpaired) electrons. The highest BCUT2D eigenvalue weighted by atomic mass is 18.2. The molecule has 1 unspecified atom stereocenters. The third-order valence-corrected chi connectivity index (χ3v) is 1.58. The Morgan fingerprint density at radius 1 is 1.77 bits per heavy atom. The molecule has 1 aromatic heterocycles. The van der Waals surface area contributed by atoms with E-state index in [1.54, 1.807) is 0 Å². The van der Waals surface area contributed by atoms with Gasteiger partial charge in [0, 0.05) is 6.07 Å². The molecule has 0 aliphatic heterocycles. The summed E-state index contributed by atoms with van der Waals surface area (Å²) in [4.78, 5) is 9.78. The van der Waals surface area contributed by atoms with Crippen molar-refractivity contribution in [3.05, 3.63) is 28.4 Å². The summed E-state index contributed by atoms with van der Waals surface area (Å²) in [6, 6.07) is 2.77. The van der Waals surface area contributed by atoms with E-state index in [-0.39, 0.29) is 12.4 Å². The summed E-state index contributed by atoms with van der Waals surface area (Å²) in [7, 11) is 0. The smallest absolute Gasteiger partial charge is 0.323 e. The van der Waals surface area contributed by atoms with Gasteiger partial charge in [-0.3, -0.25) is 0 Å². The van der Waals surface area contributed by atoms with Crippen LogP contribution in [0, 0.1) is 10.1 Å². The highest BCUT2D eigenvalue weighted by Gasteiger charge is 2.15. The third-order valence-electron chi connectivity index (χ3n) is 1.58. The van der Waals surface area contributed by atoms with E-state index in [0.29, 0.717) is 0 Å². The Kier molecular flexibility index (Phi) is 2.97. The molecule has 0 saturated heterocycles. The molecule has 1 rings (SSSR count). The van der Waals surface area contributed by atoms with Gasteiger partial charge < -0.3 is 15.2 Å². The SMILES string of the molecule is O=[N+]([O-])c1cccn1CC(O)C[18F]. The lowest BCUT2D eigenvalue weighted by Gasteiger charge is -2.04. The molecular formula is C7H9FN2O3. The second-order valence-corrected chi connectivity index (χ2v) is 2.58. The number of alkyl halides is 1. The molecule has 0 aliphatic carbocycles. The van der Waals surface area contributed by atoms with E-state index in [0.717, 1.165) is 0 Å². The molecule has 6 heteroatoms. The van der Waals surface area contributed by atoms with Gasteiger partial charge in [0.25, 0.3) is 0 Å². The van der Waals surface area contributed by atoms with E-state index < -0.39 is 17.7 Å². The number of rotatable bonds is 4. The molecule has 0 aromatic carbocycles. The van der Waals surface area contributed by atoms with E-state index in [1.807, 2.05) is 0 Å². The van der Waals surface area contributed by atoms with E-state index in [4.69, 9.17) is 5.11 Å². The first kappa shape index (κ1) is 9.66. The number of aliphatic hydroxyl groups is 1. The number of aromatic nitrogens is 1. The van der Waals surface area contributed by atoms with E-state index in [9.17, 15) is 14.5 Å². The number of hydrogen-bond acceptors (Lipinski definition) is 3. The maximum atomic E-state index is 11.9. The predicted molar refractivity (Wildman–Crippen MR) is 43.1 cm³/mol. The average molecular weight is 187 g/mol. The Bertz CT molecular complexity index is 300. The van der Waals surface area contributed by atoms with Crippen LogP contribution in [-0.4, -0.2) is 27.4 Å². The topological polar surface area (TPSA) is 68.3 Å². The normalized spacial score (nSPS) is 12.8. The van der Waals surface area contributed by atoms with Gasteiger partial charge >= 0.3 is 5.82 Å². The molecule has 1 heterocycles. The molecule has 0 amide bonds. The molecule has 1 aromatic rings. The Morgan fingerprint density at radius 3 is 3.00 bits per heavy atom. The fourth-order valence-electron chi connectivity index (χ4n) is 1.00. The summed E-state index contributed by atoms with van der Waals surface area (Å²) in [5, 5.41) is 19.3. The molecule has 1 N–H and O–H groups in total. The van der Waals surface area contributed by atoms with Crippen molar-refractivity contribution in [2.75, 3.05) is 6.67 Å². The Morgan fingerprint density at radius 2 is 2.46 bits per heavy atom. The molecule has 0 fully saturated rings. The number of halogens is 1. The van der Waals surface area contributed by atoms with Crippen LogP contribution >= 0.6 is 0 Å². The lowest BCUT2D eigenvalue weighted by atomic mass is 10.4. The van der Waals surface area contributed by atoms with Gasteiger partial charge in [0.2, 0.25) is 0 Å². The molecule has 0 bridgehead atoms. The summed E-state index contributed by atoms with van der Waals surface area (Å²) in [6.07, 6.45) is 0.239. The number of hydrogen-bond donors (Lipinski definition) is 1. The minimum Gasteiger partial charge on any atom is -0.386 e. The van der Waals surface area contributed by atoms with Gasteiger partial charge in [0.05, 0.1) is 6.20 Å². The summed E-state index contributed by atoms with van der Waals surface area (Å²) in [5.74, 6) is -0.146. The van der Waals surface area contributed by atoms with Crippen LogP contribution < -0.4 is 0 Å². The summed E-state index contributed by atoms with van der Waals surface area (Å²) < 4.78 is 13.1. The lowest BCUT2D eigenvalue weighted by Crippen LogP contribution is -2.18. The lowest BCUT2D eigenvalue weighted by molar-refractivity contribution is -0.392. The Balaban J connectivity index is 2.76. The van der Waals surface area contributed by atoms with Crippen LogP contribution in [0.3, 0.4) is 0 Å². The van der Waals surface area contributed by atoms with Crippen molar-refractivity contribution in [3.63, 3.8) is 0 Å². The second-order valence-electron chi connectivity index (χ2n) is 2.58. The van der Waals surface area contributed by atoms with Crippen LogP contribution in [0.5, 0.6) is 0 Å². The van der Waals surface area contributed by atoms with Crippen LogP contribution in [0.4, 0.5) is 10.2 Å². The van der Waals surface area contributed by atoms with Crippen molar-refractivity contribution in [3.8, 4) is 0 Å². The first-order chi connectivity index (χ1) is 6.15. The minimum atomic E-state index is -1.19. The van der Waals surface area contributed by atoms with Crippen LogP contribution in [-0.2, 0) is 6.54 Å². The molecule has 0 spiro atoms. The van der Waals surface area contributed by atoms with Gasteiger partial charge in [0.15, 0.2) is 0 Å². The average Bonchev–Trinajstić information content (AvgIpc) is 2.52. The number of aliphatic hydroxyl groups excluding tert-OH is 1. The first-order valence-electron chi connectivity index (χ1n) is 3.68. The zero-order chi connectivity index (χ0) is 9.84. The van der Waals surface area contributed by atoms with Crippen LogP contribution in [0.15, 0.2) is 18.3 Å². The molecule has 5 nitrogen and oxygen atoms in total. The maximum Gasteiger partial charge on any atom is 0.323 e. The van der Waals surface area contributed by atoms with Gasteiger partial charge in [-0.05, 0) is 11.0 Å². The molecule has 1 atom stereocenters. The molecule has 0 aliphatic rings. The fraction of sp³-hybridized carbons (Fsp3) is 0.429. The minimum absolute atomic E-state index is 0.0974. The van der Waals surface area contributed by atoms with Gasteiger partial charge in [0.1, 0.15) is 19.3 Å². The Labute approximate surface area is 73.6 Å². The van der Waals surface area contributed by atoms with Crippen molar-refractivity contribution in [2.45, 2.75) is 12.6 Å². The van der Waals surface area contributed by atoms with Crippen molar-refractivity contribution in [2.24, 2.45) is 0 Å². The number of nitro groups is 1. The zero-order valence-electron chi connectivity index (χ0n) is 6.76. The second kappa shape index (κ2) is 3.99. The molecule has 0 saturated carbocycles. The summed E-state index contributed by atoms with van der Waals surface area (Å²) in [5.41, 5.74) is 0. The van der Waals surface area contributed by atoms with E-state index >= 15 is 0 Å². The monoisotopic (exact) mass is 187 g/mol. The van der Waals surface area contributed by atoms with Crippen molar-refractivity contribution in [1.82, 2.24) is 4.57 Å². The Hall–Kier alpha value is -1.43. The quantitative estimate of drug-likeness (QED) is 0.558. The van der Waals surface area contributed by atoms with Gasteiger partial charge in [-0.2, -0.15) is 0 Å². The fourth-order valence-corrected chi connectivity index (χ4v) is 1.00. The molecule has 13 heavy (non-hydrogen) atoms. The number of nitrogens with zero attached hydrogens (tertiary/aromatic N) is 2. The predicted octanol–water partition coefficient (Wildman–Crippen LogP) is 0.727. The van der Waals surface area contributed by atoms with Crippen molar-refractivity contribution in [1.29, 1.82) is 0 Å². The van der Waals surface area contributed by atoms with Gasteiger partial charge in [-0.1, -0.05) is 0 Å². The van der Waals surface area contributed by atoms with Crippen LogP contribution in [0.2, 0.25) is 0 Å². The third kappa shape index (κ3) is 2.25.